The molecule has 0 radical (unpaired) electrons. The highest BCUT2D eigenvalue weighted by atomic mass is 16.6. The van der Waals surface area contributed by atoms with Crippen molar-refractivity contribution in [3.63, 3.8) is 0 Å². The van der Waals surface area contributed by atoms with Gasteiger partial charge in [0.25, 0.3) is 11.8 Å². The van der Waals surface area contributed by atoms with E-state index in [2.05, 4.69) is 15.8 Å². The minimum absolute atomic E-state index is 0.259. The number of carbonyl (C=O) groups excluding carboxylic acids is 3. The molecule has 42 heavy (non-hydrogen) atoms. The quantitative estimate of drug-likeness (QED) is 0.0792. The first-order chi connectivity index (χ1) is 20.4. The second kappa shape index (κ2) is 14.6. The number of hydrazone groups is 1. The van der Waals surface area contributed by atoms with Crippen LogP contribution in [-0.2, 0) is 4.79 Å². The second-order valence-electron chi connectivity index (χ2n) is 8.77. The van der Waals surface area contributed by atoms with Crippen LogP contribution in [0, 0.1) is 0 Å². The monoisotopic (exact) mass is 563 g/mol. The van der Waals surface area contributed by atoms with E-state index in [0.717, 1.165) is 5.56 Å². The molecular weight excluding hydrogens is 534 g/mol. The highest BCUT2D eigenvalue weighted by Crippen LogP contribution is 2.28. The molecule has 4 aromatic carbocycles. The Morgan fingerprint density at radius 3 is 2.31 bits per heavy atom. The van der Waals surface area contributed by atoms with Gasteiger partial charge in [-0.05, 0) is 84.8 Å². The van der Waals surface area contributed by atoms with Gasteiger partial charge in [0.15, 0.2) is 11.5 Å². The number of esters is 1. The van der Waals surface area contributed by atoms with Crippen molar-refractivity contribution in [1.29, 1.82) is 0 Å². The summed E-state index contributed by atoms with van der Waals surface area (Å²) in [7, 11) is 1.55. The van der Waals surface area contributed by atoms with E-state index in [1.54, 1.807) is 79.9 Å². The van der Waals surface area contributed by atoms with Gasteiger partial charge in [0.2, 0.25) is 0 Å². The Kier molecular flexibility index (Phi) is 10.2. The number of nitrogens with one attached hydrogen (secondary N) is 2. The molecule has 0 atom stereocenters. The molecular formula is C33H29N3O6. The highest BCUT2D eigenvalue weighted by molar-refractivity contribution is 6.05. The normalized spacial score (nSPS) is 10.8. The fraction of sp³-hybridized carbons (Fsp3) is 0.0909. The van der Waals surface area contributed by atoms with Crippen molar-refractivity contribution >= 4 is 35.8 Å². The maximum absolute atomic E-state index is 12.7. The Morgan fingerprint density at radius 2 is 1.57 bits per heavy atom. The fourth-order valence-electron chi connectivity index (χ4n) is 3.74. The topological polar surface area (TPSA) is 115 Å². The molecule has 0 spiro atoms. The summed E-state index contributed by atoms with van der Waals surface area (Å²) >= 11 is 0. The maximum atomic E-state index is 12.7. The minimum Gasteiger partial charge on any atom is -0.497 e. The molecule has 0 saturated heterocycles. The van der Waals surface area contributed by atoms with Crippen LogP contribution < -0.4 is 25.0 Å². The third-order valence-corrected chi connectivity index (χ3v) is 5.80. The van der Waals surface area contributed by atoms with Crippen LogP contribution in [0.2, 0.25) is 0 Å². The van der Waals surface area contributed by atoms with E-state index < -0.39 is 11.9 Å². The fourth-order valence-corrected chi connectivity index (χ4v) is 3.74. The van der Waals surface area contributed by atoms with E-state index in [4.69, 9.17) is 14.2 Å². The average molecular weight is 564 g/mol. The standard InChI is InChI=1S/C33H29N3O6/c1-3-41-30-20-24(12-18-29(30)42-31(37)19-13-23-8-5-4-6-9-23)22-34-36-33(39)26-10-7-11-27(21-26)35-32(38)25-14-16-28(40-2)17-15-25/h4-22H,3H2,1-2H3,(H,35,38)(H,36,39)/b19-13+,34-22?. The van der Waals surface area contributed by atoms with E-state index in [-0.39, 0.29) is 11.7 Å². The zero-order valence-corrected chi connectivity index (χ0v) is 23.1. The predicted octanol–water partition coefficient (Wildman–Crippen LogP) is 5.73. The highest BCUT2D eigenvalue weighted by Gasteiger charge is 2.11. The van der Waals surface area contributed by atoms with Gasteiger partial charge in [0.05, 0.1) is 19.9 Å². The maximum Gasteiger partial charge on any atom is 0.336 e. The molecule has 0 unspecified atom stereocenters. The van der Waals surface area contributed by atoms with Crippen molar-refractivity contribution in [2.24, 2.45) is 5.10 Å². The number of ether oxygens (including phenoxy) is 3. The molecule has 0 aromatic heterocycles. The molecule has 0 aliphatic carbocycles. The van der Waals surface area contributed by atoms with Crippen LogP contribution in [0.3, 0.4) is 0 Å². The Bertz CT molecular complexity index is 1600. The van der Waals surface area contributed by atoms with Crippen molar-refractivity contribution < 1.29 is 28.6 Å². The summed E-state index contributed by atoms with van der Waals surface area (Å²) < 4.78 is 16.2. The first kappa shape index (κ1) is 29.3. The van der Waals surface area contributed by atoms with Crippen LogP contribution in [0.1, 0.15) is 38.8 Å². The smallest absolute Gasteiger partial charge is 0.336 e. The van der Waals surface area contributed by atoms with E-state index in [0.29, 0.717) is 40.5 Å². The molecule has 0 fully saturated rings. The molecule has 2 amide bonds. The van der Waals surface area contributed by atoms with Crippen LogP contribution >= 0.6 is 0 Å². The Labute approximate surface area is 243 Å². The van der Waals surface area contributed by atoms with Crippen molar-refractivity contribution in [2.75, 3.05) is 19.0 Å². The number of hydrogen-bond acceptors (Lipinski definition) is 7. The van der Waals surface area contributed by atoms with Crippen molar-refractivity contribution in [1.82, 2.24) is 5.43 Å². The number of benzene rings is 4. The lowest BCUT2D eigenvalue weighted by molar-refractivity contribution is -0.129. The van der Waals surface area contributed by atoms with Crippen LogP contribution in [0.15, 0.2) is 108 Å². The van der Waals surface area contributed by atoms with E-state index >= 15 is 0 Å². The van der Waals surface area contributed by atoms with Crippen LogP contribution in [-0.4, -0.2) is 37.7 Å². The van der Waals surface area contributed by atoms with Gasteiger partial charge in [0.1, 0.15) is 5.75 Å². The summed E-state index contributed by atoms with van der Waals surface area (Å²) in [5, 5.41) is 6.80. The summed E-state index contributed by atoms with van der Waals surface area (Å²) in [6, 6.07) is 27.5. The minimum atomic E-state index is -0.545. The van der Waals surface area contributed by atoms with Gasteiger partial charge >= 0.3 is 5.97 Å². The Balaban J connectivity index is 1.36. The summed E-state index contributed by atoms with van der Waals surface area (Å²) in [4.78, 5) is 37.6. The molecule has 0 aliphatic heterocycles. The molecule has 9 heteroatoms. The molecule has 4 rings (SSSR count). The number of nitrogens with zero attached hydrogens (tertiary/aromatic N) is 1. The first-order valence-electron chi connectivity index (χ1n) is 13.1. The van der Waals surface area contributed by atoms with Gasteiger partial charge < -0.3 is 19.5 Å². The zero-order chi connectivity index (χ0) is 29.7. The first-order valence-corrected chi connectivity index (χ1v) is 13.1. The second-order valence-corrected chi connectivity index (χ2v) is 8.77. The van der Waals surface area contributed by atoms with Crippen LogP contribution in [0.5, 0.6) is 17.2 Å². The number of methoxy groups -OCH3 is 1. The van der Waals surface area contributed by atoms with Crippen molar-refractivity contribution in [3.05, 3.63) is 125 Å². The summed E-state index contributed by atoms with van der Waals surface area (Å²) in [6.07, 6.45) is 4.45. The SMILES string of the molecule is CCOc1cc(C=NNC(=O)c2cccc(NC(=O)c3ccc(OC)cc3)c2)ccc1OC(=O)/C=C/c1ccccc1. The molecule has 2 N–H and O–H groups in total. The van der Waals surface area contributed by atoms with E-state index in [1.165, 1.54) is 12.3 Å². The number of rotatable bonds is 11. The summed E-state index contributed by atoms with van der Waals surface area (Å²) in [5.74, 6) is -0.0711. The lowest BCUT2D eigenvalue weighted by Crippen LogP contribution is -2.18. The van der Waals surface area contributed by atoms with Crippen LogP contribution in [0.25, 0.3) is 6.08 Å². The summed E-state index contributed by atoms with van der Waals surface area (Å²) in [6.45, 7) is 2.17. The van der Waals surface area contributed by atoms with Crippen molar-refractivity contribution in [3.8, 4) is 17.2 Å². The molecule has 0 heterocycles. The third kappa shape index (κ3) is 8.40. The lowest BCUT2D eigenvalue weighted by Gasteiger charge is -2.10. The number of amides is 2. The largest absolute Gasteiger partial charge is 0.497 e. The Hall–Kier alpha value is -5.70. The average Bonchev–Trinajstić information content (AvgIpc) is 3.02. The predicted molar refractivity (Wildman–Crippen MR) is 161 cm³/mol. The van der Waals surface area contributed by atoms with Crippen molar-refractivity contribution in [2.45, 2.75) is 6.92 Å². The van der Waals surface area contributed by atoms with Gasteiger partial charge in [-0.3, -0.25) is 9.59 Å². The van der Waals surface area contributed by atoms with E-state index in [1.807, 2.05) is 37.3 Å². The van der Waals surface area contributed by atoms with Gasteiger partial charge in [0, 0.05) is 22.9 Å². The molecule has 0 saturated carbocycles. The lowest BCUT2D eigenvalue weighted by atomic mass is 10.1. The van der Waals surface area contributed by atoms with Crippen LogP contribution in [0.4, 0.5) is 5.69 Å². The molecule has 0 aliphatic rings. The summed E-state index contributed by atoms with van der Waals surface area (Å²) in [5.41, 5.74) is 5.17. The van der Waals surface area contributed by atoms with Gasteiger partial charge in [-0.1, -0.05) is 36.4 Å². The molecule has 4 aromatic rings. The van der Waals surface area contributed by atoms with Gasteiger partial charge in [-0.15, -0.1) is 0 Å². The van der Waals surface area contributed by atoms with E-state index in [9.17, 15) is 14.4 Å². The zero-order valence-electron chi connectivity index (χ0n) is 23.1. The third-order valence-electron chi connectivity index (χ3n) is 5.80. The number of hydrogen-bond donors (Lipinski definition) is 2. The molecule has 212 valence electrons. The number of carbonyl (C=O) groups is 3. The molecule has 9 nitrogen and oxygen atoms in total. The number of anilines is 1. The molecule has 0 bridgehead atoms. The van der Waals surface area contributed by atoms with Gasteiger partial charge in [-0.2, -0.15) is 5.10 Å². The van der Waals surface area contributed by atoms with Gasteiger partial charge in [-0.25, -0.2) is 10.2 Å². The Morgan fingerprint density at radius 1 is 0.786 bits per heavy atom.